The molecule has 0 amide bonds. The van der Waals surface area contributed by atoms with Crippen molar-refractivity contribution in [2.75, 3.05) is 0 Å². The molecule has 0 bridgehead atoms. The number of ketones is 1. The molecule has 3 aromatic carbocycles. The van der Waals surface area contributed by atoms with Crippen molar-refractivity contribution >= 4 is 11.4 Å². The highest BCUT2D eigenvalue weighted by Crippen LogP contribution is 2.56. The second-order valence-corrected chi connectivity index (χ2v) is 13.4. The smallest absolute Gasteiger partial charge is 0.193 e. The molecule has 1 heteroatoms. The molecule has 0 radical (unpaired) electrons. The van der Waals surface area contributed by atoms with Gasteiger partial charge in [-0.3, -0.25) is 4.79 Å². The lowest BCUT2D eigenvalue weighted by molar-refractivity contribution is 0.103. The third-order valence-electron chi connectivity index (χ3n) is 9.63. The van der Waals surface area contributed by atoms with Gasteiger partial charge in [0.15, 0.2) is 5.78 Å². The molecule has 0 fully saturated rings. The fourth-order valence-corrected chi connectivity index (χ4v) is 7.29. The van der Waals surface area contributed by atoms with E-state index in [0.29, 0.717) is 5.92 Å². The third kappa shape index (κ3) is 5.47. The first-order valence-electron chi connectivity index (χ1n) is 15.8. The third-order valence-corrected chi connectivity index (χ3v) is 9.63. The molecule has 0 heterocycles. The van der Waals surface area contributed by atoms with Crippen LogP contribution in [0.15, 0.2) is 120 Å². The maximum atomic E-state index is 12.1. The van der Waals surface area contributed by atoms with Gasteiger partial charge in [0.05, 0.1) is 0 Å². The Balaban J connectivity index is 0.000000188. The summed E-state index contributed by atoms with van der Waals surface area (Å²) in [7, 11) is 0. The Kier molecular flexibility index (Phi) is 8.48. The predicted octanol–water partition coefficient (Wildman–Crippen LogP) is 11.0. The summed E-state index contributed by atoms with van der Waals surface area (Å²) in [6.07, 6.45) is 14.6. The SMILES string of the molecule is C=CC1=C(/C=C\C)Cc2ccc3c(c21)C(C)(C)C1=C(CCC=C1)C3(C)C.CC(C)c1ccc(C(=O)c2ccccc2)cc1. The number of fused-ring (bicyclic) bond motifs is 3. The van der Waals surface area contributed by atoms with Crippen molar-refractivity contribution in [3.05, 3.63) is 159 Å². The van der Waals surface area contributed by atoms with Crippen LogP contribution < -0.4 is 0 Å². The molecule has 0 saturated heterocycles. The summed E-state index contributed by atoms with van der Waals surface area (Å²) in [4.78, 5) is 12.1. The van der Waals surface area contributed by atoms with Gasteiger partial charge in [0.25, 0.3) is 0 Å². The molecule has 0 unspecified atom stereocenters. The van der Waals surface area contributed by atoms with Crippen molar-refractivity contribution in [1.82, 2.24) is 0 Å². The Morgan fingerprint density at radius 2 is 1.56 bits per heavy atom. The molecule has 3 aromatic rings. The van der Waals surface area contributed by atoms with Crippen LogP contribution in [-0.4, -0.2) is 5.78 Å². The normalized spacial score (nSPS) is 17.8. The van der Waals surface area contributed by atoms with Gasteiger partial charge in [-0.05, 0) is 76.6 Å². The Hall–Kier alpha value is -3.97. The number of carbonyl (C=O) groups is 1. The maximum Gasteiger partial charge on any atom is 0.193 e. The maximum absolute atomic E-state index is 12.1. The summed E-state index contributed by atoms with van der Waals surface area (Å²) in [6.45, 7) is 20.2. The van der Waals surface area contributed by atoms with E-state index in [4.69, 9.17) is 0 Å². The topological polar surface area (TPSA) is 17.1 Å². The van der Waals surface area contributed by atoms with Gasteiger partial charge in [0.2, 0.25) is 0 Å². The number of hydrogen-bond donors (Lipinski definition) is 0. The van der Waals surface area contributed by atoms with Gasteiger partial charge < -0.3 is 0 Å². The van der Waals surface area contributed by atoms with Crippen LogP contribution >= 0.6 is 0 Å². The molecule has 43 heavy (non-hydrogen) atoms. The molecule has 1 nitrogen and oxygen atoms in total. The van der Waals surface area contributed by atoms with Crippen molar-refractivity contribution in [3.8, 4) is 0 Å². The molecular formula is C42H46O. The molecule has 6 rings (SSSR count). The van der Waals surface area contributed by atoms with Crippen LogP contribution in [0.5, 0.6) is 0 Å². The van der Waals surface area contributed by atoms with Gasteiger partial charge in [0, 0.05) is 22.0 Å². The van der Waals surface area contributed by atoms with Crippen molar-refractivity contribution in [2.45, 2.75) is 84.5 Å². The number of hydrogen-bond acceptors (Lipinski definition) is 1. The lowest BCUT2D eigenvalue weighted by Crippen LogP contribution is -2.38. The van der Waals surface area contributed by atoms with Gasteiger partial charge in [-0.2, -0.15) is 0 Å². The average Bonchev–Trinajstić information content (AvgIpc) is 3.37. The molecule has 0 atom stereocenters. The number of rotatable bonds is 5. The van der Waals surface area contributed by atoms with Crippen LogP contribution in [0.3, 0.4) is 0 Å². The standard InChI is InChI=1S/C26H30.C16H16O/c1-7-11-17-16-18-14-15-22-24(23(18)19(17)8-2)26(5,6)21-13-10-9-12-20(21)25(22,3)4;1-12(2)13-8-10-15(11-9-13)16(17)14-6-4-3-5-7-14/h7-8,10-11,13-15H,2,9,12,16H2,1,3-6H3;3-12H,1-2H3/b11-7-;. The molecule has 0 saturated carbocycles. The highest BCUT2D eigenvalue weighted by atomic mass is 16.1. The fourth-order valence-electron chi connectivity index (χ4n) is 7.29. The van der Waals surface area contributed by atoms with Crippen molar-refractivity contribution in [1.29, 1.82) is 0 Å². The molecule has 3 aliphatic rings. The van der Waals surface area contributed by atoms with E-state index in [2.05, 4.69) is 97.6 Å². The first-order chi connectivity index (χ1) is 20.5. The fraction of sp³-hybridized carbons (Fsp3) is 0.310. The molecule has 0 spiro atoms. The van der Waals surface area contributed by atoms with Crippen LogP contribution in [0.1, 0.15) is 111 Å². The van der Waals surface area contributed by atoms with E-state index in [0.717, 1.165) is 17.5 Å². The van der Waals surface area contributed by atoms with Crippen LogP contribution in [0.25, 0.3) is 5.57 Å². The van der Waals surface area contributed by atoms with Gasteiger partial charge in [-0.25, -0.2) is 0 Å². The largest absolute Gasteiger partial charge is 0.289 e. The average molecular weight is 567 g/mol. The van der Waals surface area contributed by atoms with E-state index in [9.17, 15) is 4.79 Å². The van der Waals surface area contributed by atoms with Crippen LogP contribution in [0.2, 0.25) is 0 Å². The summed E-state index contributed by atoms with van der Waals surface area (Å²) in [5.74, 6) is 0.580. The van der Waals surface area contributed by atoms with E-state index in [1.807, 2.05) is 54.6 Å². The summed E-state index contributed by atoms with van der Waals surface area (Å²) < 4.78 is 0. The van der Waals surface area contributed by atoms with E-state index in [-0.39, 0.29) is 16.6 Å². The Bertz CT molecular complexity index is 1660. The minimum absolute atomic E-state index is 0.0299. The minimum Gasteiger partial charge on any atom is -0.289 e. The van der Waals surface area contributed by atoms with Crippen molar-refractivity contribution < 1.29 is 4.79 Å². The minimum atomic E-state index is 0.0299. The van der Waals surface area contributed by atoms with E-state index in [1.165, 1.54) is 57.4 Å². The van der Waals surface area contributed by atoms with Gasteiger partial charge in [-0.15, -0.1) is 0 Å². The zero-order chi connectivity index (χ0) is 30.9. The molecule has 0 aromatic heterocycles. The zero-order valence-electron chi connectivity index (χ0n) is 27.1. The number of benzene rings is 3. The summed E-state index contributed by atoms with van der Waals surface area (Å²) >= 11 is 0. The van der Waals surface area contributed by atoms with Crippen molar-refractivity contribution in [3.63, 3.8) is 0 Å². The second kappa shape index (κ2) is 12.0. The van der Waals surface area contributed by atoms with Crippen LogP contribution in [0.4, 0.5) is 0 Å². The molecule has 3 aliphatic carbocycles. The summed E-state index contributed by atoms with van der Waals surface area (Å²) in [5.41, 5.74) is 14.7. The van der Waals surface area contributed by atoms with Gasteiger partial charge in [-0.1, -0.05) is 151 Å². The monoisotopic (exact) mass is 566 g/mol. The molecule has 220 valence electrons. The number of allylic oxidation sites excluding steroid dienone is 9. The van der Waals surface area contributed by atoms with E-state index < -0.39 is 0 Å². The van der Waals surface area contributed by atoms with Gasteiger partial charge in [0.1, 0.15) is 0 Å². The molecular weight excluding hydrogens is 520 g/mol. The van der Waals surface area contributed by atoms with E-state index >= 15 is 0 Å². The lowest BCUT2D eigenvalue weighted by atomic mass is 9.57. The Labute approximate surface area is 259 Å². The second-order valence-electron chi connectivity index (χ2n) is 13.4. The molecule has 0 aliphatic heterocycles. The Morgan fingerprint density at radius 3 is 2.19 bits per heavy atom. The van der Waals surface area contributed by atoms with Crippen molar-refractivity contribution in [2.24, 2.45) is 0 Å². The first kappa shape index (κ1) is 30.5. The highest BCUT2D eigenvalue weighted by molar-refractivity contribution is 6.08. The molecule has 0 N–H and O–H groups in total. The summed E-state index contributed by atoms with van der Waals surface area (Å²) in [6, 6.07) is 22.0. The Morgan fingerprint density at radius 1 is 0.884 bits per heavy atom. The van der Waals surface area contributed by atoms with Crippen LogP contribution in [0, 0.1) is 0 Å². The zero-order valence-corrected chi connectivity index (χ0v) is 27.1. The predicted molar refractivity (Wildman–Crippen MR) is 184 cm³/mol. The first-order valence-corrected chi connectivity index (χ1v) is 15.8. The quantitative estimate of drug-likeness (QED) is 0.281. The van der Waals surface area contributed by atoms with E-state index in [1.54, 1.807) is 5.57 Å². The number of carbonyl (C=O) groups excluding carboxylic acids is 1. The highest BCUT2D eigenvalue weighted by Gasteiger charge is 2.45. The lowest BCUT2D eigenvalue weighted by Gasteiger charge is -2.47. The summed E-state index contributed by atoms with van der Waals surface area (Å²) in [5, 5.41) is 0. The van der Waals surface area contributed by atoms with Crippen LogP contribution in [-0.2, 0) is 17.3 Å². The van der Waals surface area contributed by atoms with Gasteiger partial charge >= 0.3 is 0 Å².